The fraction of sp³-hybridized carbons (Fsp3) is 0.158. The number of anilines is 1. The Kier molecular flexibility index (Phi) is 4.54. The molecule has 0 fully saturated rings. The third-order valence-electron chi connectivity index (χ3n) is 4.01. The first-order valence-electron chi connectivity index (χ1n) is 7.88. The van der Waals surface area contributed by atoms with Crippen LogP contribution < -0.4 is 5.32 Å². The van der Waals surface area contributed by atoms with Crippen LogP contribution in [0.2, 0.25) is 0 Å². The fourth-order valence-corrected chi connectivity index (χ4v) is 2.75. The number of rotatable bonds is 3. The molecule has 0 saturated heterocycles. The highest BCUT2D eigenvalue weighted by Crippen LogP contribution is 2.32. The van der Waals surface area contributed by atoms with Gasteiger partial charge < -0.3 is 5.32 Å². The number of para-hydroxylation sites is 1. The zero-order valence-corrected chi connectivity index (χ0v) is 14.1. The second-order valence-corrected chi connectivity index (χ2v) is 5.79. The zero-order valence-electron chi connectivity index (χ0n) is 14.1. The van der Waals surface area contributed by atoms with E-state index in [4.69, 9.17) is 0 Å². The minimum absolute atomic E-state index is 0.399. The second-order valence-electron chi connectivity index (χ2n) is 5.79. The van der Waals surface area contributed by atoms with Crippen LogP contribution in [0.15, 0.2) is 54.6 Å². The Balaban J connectivity index is 1.96. The summed E-state index contributed by atoms with van der Waals surface area (Å²) in [6.45, 7) is 3.44. The van der Waals surface area contributed by atoms with Gasteiger partial charge in [-0.25, -0.2) is 4.68 Å². The molecule has 0 aliphatic carbocycles. The highest BCUT2D eigenvalue weighted by atomic mass is 19.4. The Morgan fingerprint density at radius 3 is 2.27 bits per heavy atom. The average Bonchev–Trinajstić information content (AvgIpc) is 2.90. The highest BCUT2D eigenvalue weighted by molar-refractivity contribution is 6.06. The SMILES string of the molecule is Cc1nn(-c2ccccc2)c(C)c1NC(=O)c1ccccc1C(F)(F)F. The van der Waals surface area contributed by atoms with E-state index in [1.54, 1.807) is 18.5 Å². The van der Waals surface area contributed by atoms with Gasteiger partial charge in [0.05, 0.1) is 33.9 Å². The molecule has 1 amide bonds. The molecular formula is C19H16F3N3O. The van der Waals surface area contributed by atoms with Crippen LogP contribution in [-0.4, -0.2) is 15.7 Å². The molecule has 1 heterocycles. The van der Waals surface area contributed by atoms with Crippen LogP contribution in [0.4, 0.5) is 18.9 Å². The van der Waals surface area contributed by atoms with Crippen molar-refractivity contribution in [2.75, 3.05) is 5.32 Å². The van der Waals surface area contributed by atoms with Gasteiger partial charge in [0, 0.05) is 0 Å². The van der Waals surface area contributed by atoms with Gasteiger partial charge >= 0.3 is 6.18 Å². The summed E-state index contributed by atoms with van der Waals surface area (Å²) in [7, 11) is 0. The van der Waals surface area contributed by atoms with Crippen LogP contribution in [0.25, 0.3) is 5.69 Å². The van der Waals surface area contributed by atoms with Gasteiger partial charge in [0.1, 0.15) is 0 Å². The first kappa shape index (κ1) is 17.7. The number of halogens is 3. The van der Waals surface area contributed by atoms with E-state index in [1.807, 2.05) is 30.3 Å². The Labute approximate surface area is 148 Å². The van der Waals surface area contributed by atoms with Crippen LogP contribution in [0.3, 0.4) is 0 Å². The third kappa shape index (κ3) is 3.33. The first-order chi connectivity index (χ1) is 12.3. The molecule has 3 rings (SSSR count). The Morgan fingerprint density at radius 1 is 1.00 bits per heavy atom. The molecule has 1 N–H and O–H groups in total. The van der Waals surface area contributed by atoms with Crippen molar-refractivity contribution >= 4 is 11.6 Å². The summed E-state index contributed by atoms with van der Waals surface area (Å²) in [6.07, 6.45) is -4.60. The lowest BCUT2D eigenvalue weighted by Crippen LogP contribution is -2.19. The molecule has 0 spiro atoms. The van der Waals surface area contributed by atoms with Crippen LogP contribution in [0.5, 0.6) is 0 Å². The van der Waals surface area contributed by atoms with E-state index >= 15 is 0 Å². The lowest BCUT2D eigenvalue weighted by atomic mass is 10.1. The molecule has 0 bridgehead atoms. The number of hydrogen-bond acceptors (Lipinski definition) is 2. The van der Waals surface area contributed by atoms with Crippen molar-refractivity contribution in [3.63, 3.8) is 0 Å². The minimum atomic E-state index is -4.60. The van der Waals surface area contributed by atoms with Gasteiger partial charge in [-0.15, -0.1) is 0 Å². The van der Waals surface area contributed by atoms with E-state index in [-0.39, 0.29) is 0 Å². The molecule has 0 saturated carbocycles. The van der Waals surface area contributed by atoms with E-state index in [0.29, 0.717) is 17.1 Å². The minimum Gasteiger partial charge on any atom is -0.319 e. The Bertz CT molecular complexity index is 946. The summed E-state index contributed by atoms with van der Waals surface area (Å²) >= 11 is 0. The molecule has 134 valence electrons. The molecule has 0 aliphatic rings. The number of aromatic nitrogens is 2. The molecule has 7 heteroatoms. The lowest BCUT2D eigenvalue weighted by molar-refractivity contribution is -0.137. The number of alkyl halides is 3. The normalized spacial score (nSPS) is 11.4. The van der Waals surface area contributed by atoms with Gasteiger partial charge in [0.15, 0.2) is 0 Å². The predicted octanol–water partition coefficient (Wildman–Crippen LogP) is 4.76. The lowest BCUT2D eigenvalue weighted by Gasteiger charge is -2.13. The molecule has 26 heavy (non-hydrogen) atoms. The maximum absolute atomic E-state index is 13.1. The summed E-state index contributed by atoms with van der Waals surface area (Å²) in [5, 5.41) is 6.95. The molecule has 0 aliphatic heterocycles. The van der Waals surface area contributed by atoms with E-state index in [1.165, 1.54) is 12.1 Å². The van der Waals surface area contributed by atoms with Crippen LogP contribution >= 0.6 is 0 Å². The van der Waals surface area contributed by atoms with Gasteiger partial charge in [0.25, 0.3) is 5.91 Å². The van der Waals surface area contributed by atoms with Gasteiger partial charge in [-0.3, -0.25) is 4.79 Å². The summed E-state index contributed by atoms with van der Waals surface area (Å²) < 4.78 is 41.0. The Morgan fingerprint density at radius 2 is 1.62 bits per heavy atom. The van der Waals surface area contributed by atoms with E-state index < -0.39 is 23.2 Å². The molecule has 3 aromatic rings. The molecule has 0 atom stereocenters. The van der Waals surface area contributed by atoms with Crippen molar-refractivity contribution in [1.29, 1.82) is 0 Å². The summed E-state index contributed by atoms with van der Waals surface area (Å²) in [4.78, 5) is 12.5. The number of hydrogen-bond donors (Lipinski definition) is 1. The van der Waals surface area contributed by atoms with Crippen LogP contribution in [0.1, 0.15) is 27.3 Å². The number of nitrogens with one attached hydrogen (secondary N) is 1. The number of aryl methyl sites for hydroxylation is 1. The van der Waals surface area contributed by atoms with Gasteiger partial charge in [-0.2, -0.15) is 18.3 Å². The maximum atomic E-state index is 13.1. The van der Waals surface area contributed by atoms with Crippen molar-refractivity contribution in [3.8, 4) is 5.69 Å². The van der Waals surface area contributed by atoms with Crippen molar-refractivity contribution in [2.45, 2.75) is 20.0 Å². The summed E-state index contributed by atoms with van der Waals surface area (Å²) in [6, 6.07) is 14.0. The number of amides is 1. The summed E-state index contributed by atoms with van der Waals surface area (Å²) in [5.74, 6) is -0.822. The Hall–Kier alpha value is -3.09. The van der Waals surface area contributed by atoms with E-state index in [0.717, 1.165) is 17.8 Å². The number of carbonyl (C=O) groups is 1. The van der Waals surface area contributed by atoms with E-state index in [9.17, 15) is 18.0 Å². The largest absolute Gasteiger partial charge is 0.417 e. The molecular weight excluding hydrogens is 343 g/mol. The number of carbonyl (C=O) groups excluding carboxylic acids is 1. The second kappa shape index (κ2) is 6.67. The quantitative estimate of drug-likeness (QED) is 0.733. The fourth-order valence-electron chi connectivity index (χ4n) is 2.75. The predicted molar refractivity (Wildman–Crippen MR) is 92.4 cm³/mol. The monoisotopic (exact) mass is 359 g/mol. The molecule has 0 unspecified atom stereocenters. The number of benzene rings is 2. The molecule has 4 nitrogen and oxygen atoms in total. The third-order valence-corrected chi connectivity index (χ3v) is 4.01. The highest BCUT2D eigenvalue weighted by Gasteiger charge is 2.35. The first-order valence-corrected chi connectivity index (χ1v) is 7.88. The zero-order chi connectivity index (χ0) is 18.9. The topological polar surface area (TPSA) is 46.9 Å². The molecule has 2 aromatic carbocycles. The van der Waals surface area contributed by atoms with Crippen molar-refractivity contribution < 1.29 is 18.0 Å². The van der Waals surface area contributed by atoms with Crippen molar-refractivity contribution in [3.05, 3.63) is 77.1 Å². The van der Waals surface area contributed by atoms with Crippen molar-refractivity contribution in [1.82, 2.24) is 9.78 Å². The molecule has 1 aromatic heterocycles. The van der Waals surface area contributed by atoms with Crippen LogP contribution in [0, 0.1) is 13.8 Å². The molecule has 0 radical (unpaired) electrons. The van der Waals surface area contributed by atoms with E-state index in [2.05, 4.69) is 10.4 Å². The van der Waals surface area contributed by atoms with Gasteiger partial charge in [-0.1, -0.05) is 30.3 Å². The average molecular weight is 359 g/mol. The maximum Gasteiger partial charge on any atom is 0.417 e. The standard InChI is InChI=1S/C19H16F3N3O/c1-12-17(13(2)25(24-12)14-8-4-3-5-9-14)23-18(26)15-10-6-7-11-16(15)19(20,21)22/h3-11H,1-2H3,(H,23,26). The van der Waals surface area contributed by atoms with Crippen molar-refractivity contribution in [2.24, 2.45) is 0 Å². The van der Waals surface area contributed by atoms with Crippen LogP contribution in [-0.2, 0) is 6.18 Å². The van der Waals surface area contributed by atoms with Gasteiger partial charge in [-0.05, 0) is 38.1 Å². The number of nitrogens with zero attached hydrogens (tertiary/aromatic N) is 2. The summed E-state index contributed by atoms with van der Waals surface area (Å²) in [5.41, 5.74) is 0.949. The smallest absolute Gasteiger partial charge is 0.319 e. The van der Waals surface area contributed by atoms with Gasteiger partial charge in [0.2, 0.25) is 0 Å².